The van der Waals surface area contributed by atoms with E-state index in [2.05, 4.69) is 5.32 Å². The van der Waals surface area contributed by atoms with Crippen LogP contribution in [-0.2, 0) is 9.59 Å². The molecule has 2 amide bonds. The van der Waals surface area contributed by atoms with Crippen molar-refractivity contribution in [3.63, 3.8) is 0 Å². The Hall–Kier alpha value is -1.06. The zero-order valence-corrected chi connectivity index (χ0v) is 10.9. The molecule has 0 aromatic rings. The first-order valence-corrected chi connectivity index (χ1v) is 6.66. The molecule has 0 bridgehead atoms. The van der Waals surface area contributed by atoms with Gasteiger partial charge in [-0.3, -0.25) is 9.59 Å². The highest BCUT2D eigenvalue weighted by Gasteiger charge is 2.28. The van der Waals surface area contributed by atoms with Gasteiger partial charge in [0.1, 0.15) is 6.04 Å². The van der Waals surface area contributed by atoms with E-state index in [1.807, 2.05) is 13.8 Å². The Morgan fingerprint density at radius 2 is 1.88 bits per heavy atom. The lowest BCUT2D eigenvalue weighted by Gasteiger charge is -2.26. The number of amides is 2. The van der Waals surface area contributed by atoms with Crippen molar-refractivity contribution >= 4 is 11.8 Å². The number of rotatable bonds is 5. The largest absolute Gasteiger partial charge is 0.368 e. The Labute approximate surface area is 103 Å². The summed E-state index contributed by atoms with van der Waals surface area (Å²) in [5.74, 6) is -0.244. The summed E-state index contributed by atoms with van der Waals surface area (Å²) in [6.45, 7) is 3.93. The quantitative estimate of drug-likeness (QED) is 0.766. The molecule has 0 aromatic heterocycles. The summed E-state index contributed by atoms with van der Waals surface area (Å²) < 4.78 is 0. The molecule has 3 N–H and O–H groups in total. The Bertz CT molecular complexity index is 273. The fraction of sp³-hybridized carbons (Fsp3) is 0.846. The molecule has 0 radical (unpaired) electrons. The van der Waals surface area contributed by atoms with E-state index in [1.54, 1.807) is 0 Å². The fourth-order valence-electron chi connectivity index (χ4n) is 2.37. The molecule has 2 atom stereocenters. The fourth-order valence-corrected chi connectivity index (χ4v) is 2.37. The molecule has 0 spiro atoms. The lowest BCUT2D eigenvalue weighted by molar-refractivity contribution is -0.131. The molecule has 0 aliphatic heterocycles. The van der Waals surface area contributed by atoms with Gasteiger partial charge >= 0.3 is 0 Å². The molecule has 4 heteroatoms. The van der Waals surface area contributed by atoms with Crippen molar-refractivity contribution in [2.75, 3.05) is 0 Å². The van der Waals surface area contributed by atoms with E-state index < -0.39 is 11.9 Å². The summed E-state index contributed by atoms with van der Waals surface area (Å²) in [7, 11) is 0. The molecule has 1 aliphatic rings. The second kappa shape index (κ2) is 6.62. The Kier molecular flexibility index (Phi) is 5.45. The Morgan fingerprint density at radius 3 is 2.35 bits per heavy atom. The number of hydrogen-bond donors (Lipinski definition) is 2. The summed E-state index contributed by atoms with van der Waals surface area (Å²) in [4.78, 5) is 23.3. The normalized spacial score (nSPS) is 20.6. The Morgan fingerprint density at radius 1 is 1.29 bits per heavy atom. The topological polar surface area (TPSA) is 72.2 Å². The summed E-state index contributed by atoms with van der Waals surface area (Å²) in [6.07, 6.45) is 6.16. The van der Waals surface area contributed by atoms with Crippen LogP contribution in [0.25, 0.3) is 0 Å². The molecule has 1 aliphatic carbocycles. The third kappa shape index (κ3) is 4.02. The van der Waals surface area contributed by atoms with Gasteiger partial charge in [-0.15, -0.1) is 0 Å². The molecular weight excluding hydrogens is 216 g/mol. The van der Waals surface area contributed by atoms with Crippen molar-refractivity contribution in [1.82, 2.24) is 5.32 Å². The van der Waals surface area contributed by atoms with Crippen LogP contribution < -0.4 is 11.1 Å². The molecule has 17 heavy (non-hydrogen) atoms. The highest BCUT2D eigenvalue weighted by Crippen LogP contribution is 2.24. The van der Waals surface area contributed by atoms with E-state index >= 15 is 0 Å². The third-order valence-electron chi connectivity index (χ3n) is 3.79. The van der Waals surface area contributed by atoms with Crippen molar-refractivity contribution in [2.24, 2.45) is 17.6 Å². The average Bonchev–Trinajstić information content (AvgIpc) is 2.35. The molecule has 1 saturated carbocycles. The van der Waals surface area contributed by atoms with Crippen LogP contribution in [0.1, 0.15) is 52.4 Å². The molecule has 0 heterocycles. The highest BCUT2D eigenvalue weighted by molar-refractivity contribution is 5.87. The van der Waals surface area contributed by atoms with Crippen LogP contribution >= 0.6 is 0 Å². The maximum absolute atomic E-state index is 12.0. The minimum Gasteiger partial charge on any atom is -0.368 e. The highest BCUT2D eigenvalue weighted by atomic mass is 16.2. The van der Waals surface area contributed by atoms with Crippen LogP contribution in [-0.4, -0.2) is 17.9 Å². The maximum atomic E-state index is 12.0. The third-order valence-corrected chi connectivity index (χ3v) is 3.79. The molecule has 0 saturated heterocycles. The van der Waals surface area contributed by atoms with E-state index in [1.165, 1.54) is 6.42 Å². The van der Waals surface area contributed by atoms with Crippen molar-refractivity contribution in [1.29, 1.82) is 0 Å². The number of hydrogen-bond acceptors (Lipinski definition) is 2. The van der Waals surface area contributed by atoms with Crippen LogP contribution in [0, 0.1) is 11.8 Å². The number of primary amides is 1. The zero-order valence-electron chi connectivity index (χ0n) is 10.9. The monoisotopic (exact) mass is 240 g/mol. The molecule has 1 rings (SSSR count). The van der Waals surface area contributed by atoms with Gasteiger partial charge in [0.05, 0.1) is 0 Å². The lowest BCUT2D eigenvalue weighted by atomic mass is 9.88. The van der Waals surface area contributed by atoms with Crippen molar-refractivity contribution in [3.05, 3.63) is 0 Å². The van der Waals surface area contributed by atoms with E-state index in [9.17, 15) is 9.59 Å². The van der Waals surface area contributed by atoms with Gasteiger partial charge in [0, 0.05) is 5.92 Å². The first-order chi connectivity index (χ1) is 8.06. The number of carbonyl (C=O) groups excluding carboxylic acids is 2. The van der Waals surface area contributed by atoms with Gasteiger partial charge in [0.2, 0.25) is 11.8 Å². The van der Waals surface area contributed by atoms with Gasteiger partial charge in [0.15, 0.2) is 0 Å². The molecular formula is C13H24N2O2. The first-order valence-electron chi connectivity index (χ1n) is 6.66. The number of nitrogens with two attached hydrogens (primary N) is 1. The molecule has 98 valence electrons. The van der Waals surface area contributed by atoms with Crippen LogP contribution in [0.2, 0.25) is 0 Å². The van der Waals surface area contributed by atoms with Gasteiger partial charge in [0.25, 0.3) is 0 Å². The predicted octanol–water partition coefficient (Wildman–Crippen LogP) is 1.58. The number of carbonyl (C=O) groups is 2. The standard InChI is InChI=1S/C13H24N2O2/c1-3-9(2)11(12(14)16)15-13(17)10-7-5-4-6-8-10/h9-11H,3-8H2,1-2H3,(H2,14,16)(H,15,17)/t9-,11-/m0/s1. The number of nitrogens with one attached hydrogen (secondary N) is 1. The van der Waals surface area contributed by atoms with E-state index in [4.69, 9.17) is 5.73 Å². The van der Waals surface area contributed by atoms with Crippen LogP contribution in [0.5, 0.6) is 0 Å². The summed E-state index contributed by atoms with van der Waals surface area (Å²) >= 11 is 0. The minimum atomic E-state index is -0.519. The van der Waals surface area contributed by atoms with Crippen LogP contribution in [0.15, 0.2) is 0 Å². The summed E-state index contributed by atoms with van der Waals surface area (Å²) in [5.41, 5.74) is 5.34. The Balaban J connectivity index is 2.53. The second-order valence-electron chi connectivity index (χ2n) is 5.11. The smallest absolute Gasteiger partial charge is 0.240 e. The van der Waals surface area contributed by atoms with Crippen LogP contribution in [0.4, 0.5) is 0 Å². The van der Waals surface area contributed by atoms with Gasteiger partial charge in [-0.25, -0.2) is 0 Å². The van der Waals surface area contributed by atoms with E-state index in [0.29, 0.717) is 0 Å². The first kappa shape index (κ1) is 14.0. The lowest BCUT2D eigenvalue weighted by Crippen LogP contribution is -2.50. The summed E-state index contributed by atoms with van der Waals surface area (Å²) in [5, 5.41) is 2.82. The van der Waals surface area contributed by atoms with Gasteiger partial charge in [-0.05, 0) is 18.8 Å². The second-order valence-corrected chi connectivity index (χ2v) is 5.11. The summed E-state index contributed by atoms with van der Waals surface area (Å²) in [6, 6.07) is -0.519. The van der Waals surface area contributed by atoms with E-state index in [-0.39, 0.29) is 17.7 Å². The van der Waals surface area contributed by atoms with Crippen LogP contribution in [0.3, 0.4) is 0 Å². The molecule has 0 unspecified atom stereocenters. The molecule has 4 nitrogen and oxygen atoms in total. The van der Waals surface area contributed by atoms with Crippen molar-refractivity contribution in [3.8, 4) is 0 Å². The average molecular weight is 240 g/mol. The van der Waals surface area contributed by atoms with Crippen molar-refractivity contribution in [2.45, 2.75) is 58.4 Å². The minimum absolute atomic E-state index is 0.00815. The predicted molar refractivity (Wildman–Crippen MR) is 67.2 cm³/mol. The van der Waals surface area contributed by atoms with Gasteiger partial charge in [-0.2, -0.15) is 0 Å². The zero-order chi connectivity index (χ0) is 12.8. The molecule has 0 aromatic carbocycles. The van der Waals surface area contributed by atoms with E-state index in [0.717, 1.165) is 32.1 Å². The van der Waals surface area contributed by atoms with Crippen molar-refractivity contribution < 1.29 is 9.59 Å². The molecule has 1 fully saturated rings. The SMILES string of the molecule is CC[C@H](C)[C@H](NC(=O)C1CCCCC1)C(N)=O. The van der Waals surface area contributed by atoms with Gasteiger partial charge in [-0.1, -0.05) is 39.5 Å². The van der Waals surface area contributed by atoms with Gasteiger partial charge < -0.3 is 11.1 Å². The maximum Gasteiger partial charge on any atom is 0.240 e.